The van der Waals surface area contributed by atoms with Gasteiger partial charge in [0.1, 0.15) is 0 Å². The molecule has 2 rings (SSSR count). The summed E-state index contributed by atoms with van der Waals surface area (Å²) in [7, 11) is 0. The Kier molecular flexibility index (Phi) is 3.39. The molecule has 0 radical (unpaired) electrons. The first-order valence-corrected chi connectivity index (χ1v) is 5.96. The molecule has 86 valence electrons. The van der Waals surface area contributed by atoms with Crippen molar-refractivity contribution in [3.8, 4) is 0 Å². The van der Waals surface area contributed by atoms with E-state index >= 15 is 0 Å². The van der Waals surface area contributed by atoms with Crippen LogP contribution < -0.4 is 0 Å². The highest BCUT2D eigenvalue weighted by molar-refractivity contribution is 5.94. The molecule has 0 spiro atoms. The predicted octanol–water partition coefficient (Wildman–Crippen LogP) is 2.91. The monoisotopic (exact) mass is 218 g/mol. The topological polar surface area (TPSA) is 37.3 Å². The van der Waals surface area contributed by atoms with Crippen molar-refractivity contribution in [2.75, 3.05) is 0 Å². The van der Waals surface area contributed by atoms with Crippen molar-refractivity contribution in [2.24, 2.45) is 0 Å². The van der Waals surface area contributed by atoms with E-state index in [0.717, 1.165) is 31.2 Å². The molecule has 0 aliphatic heterocycles. The van der Waals surface area contributed by atoms with Crippen LogP contribution >= 0.6 is 0 Å². The molecule has 1 saturated carbocycles. The van der Waals surface area contributed by atoms with E-state index in [1.54, 1.807) is 6.92 Å². The van der Waals surface area contributed by atoms with Crippen LogP contribution in [0.15, 0.2) is 24.3 Å². The van der Waals surface area contributed by atoms with Gasteiger partial charge in [-0.2, -0.15) is 0 Å². The Balaban J connectivity index is 2.07. The summed E-state index contributed by atoms with van der Waals surface area (Å²) in [5.74, 6) is 0.676. The Labute approximate surface area is 96.3 Å². The molecule has 2 heteroatoms. The molecule has 0 heterocycles. The van der Waals surface area contributed by atoms with E-state index in [1.807, 2.05) is 12.1 Å². The summed E-state index contributed by atoms with van der Waals surface area (Å²) in [4.78, 5) is 11.1. The predicted molar refractivity (Wildman–Crippen MR) is 63.7 cm³/mol. The lowest BCUT2D eigenvalue weighted by Crippen LogP contribution is -2.16. The number of Topliss-reactive ketones (excluding diaryl/α,β-unsaturated/α-hetero) is 1. The highest BCUT2D eigenvalue weighted by atomic mass is 16.3. The molecule has 1 aromatic carbocycles. The number of hydrogen-bond donors (Lipinski definition) is 1. The SMILES string of the molecule is CC(=O)c1ccc([C@H]2CC[C@@H](O)CC2)cc1. The summed E-state index contributed by atoms with van der Waals surface area (Å²) in [5, 5.41) is 9.45. The second kappa shape index (κ2) is 4.79. The van der Waals surface area contributed by atoms with Crippen molar-refractivity contribution >= 4 is 5.78 Å². The number of rotatable bonds is 2. The normalized spacial score (nSPS) is 25.4. The molecule has 1 aliphatic rings. The minimum Gasteiger partial charge on any atom is -0.393 e. The van der Waals surface area contributed by atoms with Gasteiger partial charge in [0, 0.05) is 5.56 Å². The standard InChI is InChI=1S/C14H18O2/c1-10(15)11-2-4-12(5-3-11)13-6-8-14(16)9-7-13/h2-5,13-14,16H,6-9H2,1H3/t13-,14+. The van der Waals surface area contributed by atoms with Crippen molar-refractivity contribution in [3.05, 3.63) is 35.4 Å². The van der Waals surface area contributed by atoms with E-state index in [1.165, 1.54) is 5.56 Å². The van der Waals surface area contributed by atoms with Crippen LogP contribution in [0.2, 0.25) is 0 Å². The van der Waals surface area contributed by atoms with Gasteiger partial charge in [0.05, 0.1) is 6.10 Å². The van der Waals surface area contributed by atoms with Gasteiger partial charge in [-0.05, 0) is 44.1 Å². The highest BCUT2D eigenvalue weighted by Gasteiger charge is 2.20. The molecular formula is C14H18O2. The second-order valence-corrected chi connectivity index (χ2v) is 4.68. The molecule has 1 aliphatic carbocycles. The quantitative estimate of drug-likeness (QED) is 0.775. The Morgan fingerprint density at radius 1 is 1.12 bits per heavy atom. The largest absolute Gasteiger partial charge is 0.393 e. The molecule has 0 amide bonds. The van der Waals surface area contributed by atoms with Crippen LogP contribution in [0.1, 0.15) is 54.4 Å². The fourth-order valence-corrected chi connectivity index (χ4v) is 2.40. The molecule has 1 N–H and O–H groups in total. The smallest absolute Gasteiger partial charge is 0.159 e. The lowest BCUT2D eigenvalue weighted by atomic mass is 9.82. The van der Waals surface area contributed by atoms with Gasteiger partial charge in [-0.25, -0.2) is 0 Å². The molecule has 16 heavy (non-hydrogen) atoms. The fraction of sp³-hybridized carbons (Fsp3) is 0.500. The maximum absolute atomic E-state index is 11.1. The van der Waals surface area contributed by atoms with Crippen LogP contribution in [0.3, 0.4) is 0 Å². The molecule has 0 aromatic heterocycles. The molecule has 0 bridgehead atoms. The number of carbonyl (C=O) groups excluding carboxylic acids is 1. The fourth-order valence-electron chi connectivity index (χ4n) is 2.40. The Bertz CT molecular complexity index is 359. The average Bonchev–Trinajstić information content (AvgIpc) is 2.30. The van der Waals surface area contributed by atoms with Crippen molar-refractivity contribution < 1.29 is 9.90 Å². The van der Waals surface area contributed by atoms with Crippen LogP contribution in [0.4, 0.5) is 0 Å². The van der Waals surface area contributed by atoms with Crippen LogP contribution in [0, 0.1) is 0 Å². The molecule has 1 aromatic rings. The third-order valence-electron chi connectivity index (χ3n) is 3.49. The van der Waals surface area contributed by atoms with E-state index in [2.05, 4.69) is 12.1 Å². The Morgan fingerprint density at radius 2 is 1.69 bits per heavy atom. The molecule has 0 saturated heterocycles. The first-order chi connectivity index (χ1) is 7.66. The first-order valence-electron chi connectivity index (χ1n) is 5.96. The maximum Gasteiger partial charge on any atom is 0.159 e. The molecule has 0 atom stereocenters. The molecule has 2 nitrogen and oxygen atoms in total. The molecule has 1 fully saturated rings. The van der Waals surface area contributed by atoms with Gasteiger partial charge in [-0.15, -0.1) is 0 Å². The summed E-state index contributed by atoms with van der Waals surface area (Å²) < 4.78 is 0. The Morgan fingerprint density at radius 3 is 2.19 bits per heavy atom. The zero-order chi connectivity index (χ0) is 11.5. The Hall–Kier alpha value is -1.15. The summed E-state index contributed by atoms with van der Waals surface area (Å²) in [6.45, 7) is 1.59. The van der Waals surface area contributed by atoms with Gasteiger partial charge in [-0.1, -0.05) is 24.3 Å². The summed E-state index contributed by atoms with van der Waals surface area (Å²) in [5.41, 5.74) is 2.08. The molecule has 0 unspecified atom stereocenters. The zero-order valence-corrected chi connectivity index (χ0v) is 9.65. The third kappa shape index (κ3) is 2.50. The minimum atomic E-state index is -0.104. The van der Waals surface area contributed by atoms with Gasteiger partial charge < -0.3 is 5.11 Å². The summed E-state index contributed by atoms with van der Waals surface area (Å²) >= 11 is 0. The van der Waals surface area contributed by atoms with Gasteiger partial charge >= 0.3 is 0 Å². The van der Waals surface area contributed by atoms with Crippen LogP contribution in [0.5, 0.6) is 0 Å². The lowest BCUT2D eigenvalue weighted by molar-refractivity contribution is 0.101. The van der Waals surface area contributed by atoms with Gasteiger partial charge in [-0.3, -0.25) is 4.79 Å². The third-order valence-corrected chi connectivity index (χ3v) is 3.49. The van der Waals surface area contributed by atoms with E-state index in [9.17, 15) is 9.90 Å². The minimum absolute atomic E-state index is 0.104. The van der Waals surface area contributed by atoms with Crippen LogP contribution in [0.25, 0.3) is 0 Å². The number of hydrogen-bond acceptors (Lipinski definition) is 2. The van der Waals surface area contributed by atoms with E-state index in [0.29, 0.717) is 5.92 Å². The molecular weight excluding hydrogens is 200 g/mol. The van der Waals surface area contributed by atoms with Crippen LogP contribution in [-0.4, -0.2) is 17.0 Å². The average molecular weight is 218 g/mol. The number of aliphatic hydroxyl groups is 1. The van der Waals surface area contributed by atoms with E-state index in [-0.39, 0.29) is 11.9 Å². The van der Waals surface area contributed by atoms with Crippen molar-refractivity contribution in [2.45, 2.75) is 44.6 Å². The second-order valence-electron chi connectivity index (χ2n) is 4.68. The van der Waals surface area contributed by atoms with Gasteiger partial charge in [0.25, 0.3) is 0 Å². The maximum atomic E-state index is 11.1. The van der Waals surface area contributed by atoms with E-state index in [4.69, 9.17) is 0 Å². The highest BCUT2D eigenvalue weighted by Crippen LogP contribution is 2.32. The number of ketones is 1. The summed E-state index contributed by atoms with van der Waals surface area (Å²) in [6, 6.07) is 7.92. The first kappa shape index (κ1) is 11.3. The van der Waals surface area contributed by atoms with Crippen molar-refractivity contribution in [1.82, 2.24) is 0 Å². The number of aliphatic hydroxyl groups excluding tert-OH is 1. The van der Waals surface area contributed by atoms with Crippen LogP contribution in [-0.2, 0) is 0 Å². The zero-order valence-electron chi connectivity index (χ0n) is 9.65. The van der Waals surface area contributed by atoms with E-state index < -0.39 is 0 Å². The summed E-state index contributed by atoms with van der Waals surface area (Å²) in [6.07, 6.45) is 3.81. The lowest BCUT2D eigenvalue weighted by Gasteiger charge is -2.25. The number of carbonyl (C=O) groups is 1. The van der Waals surface area contributed by atoms with Gasteiger partial charge in [0.2, 0.25) is 0 Å². The van der Waals surface area contributed by atoms with Gasteiger partial charge in [0.15, 0.2) is 5.78 Å². The number of benzene rings is 1. The van der Waals surface area contributed by atoms with Crippen molar-refractivity contribution in [3.63, 3.8) is 0 Å². The van der Waals surface area contributed by atoms with Crippen molar-refractivity contribution in [1.29, 1.82) is 0 Å².